The molecule has 7 nitrogen and oxygen atoms in total. The third-order valence-corrected chi connectivity index (χ3v) is 4.11. The van der Waals surface area contributed by atoms with Gasteiger partial charge in [-0.2, -0.15) is 5.10 Å². The number of carbonyl (C=O) groups excluding carboxylic acids is 1. The van der Waals surface area contributed by atoms with Crippen LogP contribution in [-0.2, 0) is 7.05 Å². The zero-order valence-electron chi connectivity index (χ0n) is 13.8. The van der Waals surface area contributed by atoms with Gasteiger partial charge in [0.25, 0.3) is 5.91 Å². The molecule has 1 aliphatic heterocycles. The van der Waals surface area contributed by atoms with Crippen LogP contribution in [0.25, 0.3) is 23.2 Å². The van der Waals surface area contributed by atoms with Gasteiger partial charge < -0.3 is 10.6 Å². The molecule has 0 aliphatic carbocycles. The number of amides is 1. The summed E-state index contributed by atoms with van der Waals surface area (Å²) in [6.07, 6.45) is 3.71. The fourth-order valence-electron chi connectivity index (χ4n) is 2.90. The van der Waals surface area contributed by atoms with Crippen molar-refractivity contribution in [2.24, 2.45) is 7.05 Å². The second-order valence-corrected chi connectivity index (χ2v) is 5.83. The number of nitrogens with two attached hydrogens (primary N) is 1. The van der Waals surface area contributed by atoms with Crippen LogP contribution in [0, 0.1) is 0 Å². The van der Waals surface area contributed by atoms with E-state index in [1.165, 1.54) is 0 Å². The number of hydrogen-bond donors (Lipinski definition) is 1. The number of benzene rings is 1. The van der Waals surface area contributed by atoms with E-state index in [-0.39, 0.29) is 11.9 Å². The third kappa shape index (κ3) is 2.46. The van der Waals surface area contributed by atoms with Crippen molar-refractivity contribution >= 4 is 23.6 Å². The van der Waals surface area contributed by atoms with Gasteiger partial charge in [-0.3, -0.25) is 9.48 Å². The van der Waals surface area contributed by atoms with E-state index in [2.05, 4.69) is 15.1 Å². The van der Waals surface area contributed by atoms with Crippen molar-refractivity contribution in [1.29, 1.82) is 0 Å². The Kier molecular flexibility index (Phi) is 3.35. The topological polar surface area (TPSA) is 89.9 Å². The number of rotatable bonds is 2. The lowest BCUT2D eigenvalue weighted by atomic mass is 10.1. The molecule has 0 fully saturated rings. The number of nitrogen functional groups attached to an aromatic ring is 1. The minimum atomic E-state index is -0.169. The Bertz CT molecular complexity index is 1010. The smallest absolute Gasteiger partial charge is 0.262 e. The van der Waals surface area contributed by atoms with Crippen molar-refractivity contribution in [3.05, 3.63) is 59.4 Å². The molecule has 25 heavy (non-hydrogen) atoms. The average Bonchev–Trinajstić information content (AvgIpc) is 3.13. The molecule has 124 valence electrons. The summed E-state index contributed by atoms with van der Waals surface area (Å²) in [6, 6.07) is 11.6. The maximum atomic E-state index is 12.8. The van der Waals surface area contributed by atoms with Gasteiger partial charge in [-0.05, 0) is 17.7 Å². The monoisotopic (exact) mass is 332 g/mol. The molecule has 0 saturated heterocycles. The molecule has 0 saturated carbocycles. The highest BCUT2D eigenvalue weighted by atomic mass is 16.2. The Balaban J connectivity index is 1.94. The van der Waals surface area contributed by atoms with E-state index in [1.807, 2.05) is 43.5 Å². The van der Waals surface area contributed by atoms with Crippen LogP contribution < -0.4 is 5.73 Å². The molecule has 0 unspecified atom stereocenters. The number of carbonyl (C=O) groups is 1. The Labute approximate surface area is 144 Å². The number of hydrogen-bond acceptors (Lipinski definition) is 5. The van der Waals surface area contributed by atoms with Crippen LogP contribution in [0.3, 0.4) is 0 Å². The Morgan fingerprint density at radius 2 is 1.76 bits per heavy atom. The predicted octanol–water partition coefficient (Wildman–Crippen LogP) is 2.04. The summed E-state index contributed by atoms with van der Waals surface area (Å²) in [6.45, 7) is 0. The summed E-state index contributed by atoms with van der Waals surface area (Å²) in [5, 5.41) is 4.35. The second-order valence-electron chi connectivity index (χ2n) is 5.83. The maximum absolute atomic E-state index is 12.8. The van der Waals surface area contributed by atoms with Gasteiger partial charge in [0.15, 0.2) is 0 Å². The first kappa shape index (κ1) is 15.1. The number of aromatic nitrogens is 4. The molecule has 3 heterocycles. The van der Waals surface area contributed by atoms with Crippen molar-refractivity contribution in [3.8, 4) is 11.4 Å². The fraction of sp³-hybridized carbons (Fsp3) is 0.111. The lowest BCUT2D eigenvalue weighted by Gasteiger charge is -2.10. The van der Waals surface area contributed by atoms with Gasteiger partial charge in [0, 0.05) is 20.3 Å². The van der Waals surface area contributed by atoms with Gasteiger partial charge in [-0.15, -0.1) is 0 Å². The molecular weight excluding hydrogens is 316 g/mol. The van der Waals surface area contributed by atoms with E-state index in [1.54, 1.807) is 28.9 Å². The van der Waals surface area contributed by atoms with E-state index < -0.39 is 0 Å². The van der Waals surface area contributed by atoms with Crippen LogP contribution in [0.4, 0.5) is 5.95 Å². The van der Waals surface area contributed by atoms with Crippen molar-refractivity contribution < 1.29 is 4.79 Å². The summed E-state index contributed by atoms with van der Waals surface area (Å²) in [5.74, 6) is -0.0562. The summed E-state index contributed by atoms with van der Waals surface area (Å²) < 4.78 is 1.66. The number of anilines is 1. The average molecular weight is 332 g/mol. The molecule has 7 heteroatoms. The Morgan fingerprint density at radius 3 is 2.44 bits per heavy atom. The molecule has 1 amide bonds. The van der Waals surface area contributed by atoms with Crippen LogP contribution in [0.2, 0.25) is 0 Å². The number of fused-ring (bicyclic) bond motifs is 1. The summed E-state index contributed by atoms with van der Waals surface area (Å²) in [7, 11) is 3.53. The maximum Gasteiger partial charge on any atom is 0.262 e. The number of aryl methyl sites for hydroxylation is 1. The molecule has 1 aromatic carbocycles. The molecule has 2 N–H and O–H groups in total. The van der Waals surface area contributed by atoms with Crippen LogP contribution in [0.5, 0.6) is 0 Å². The van der Waals surface area contributed by atoms with E-state index in [4.69, 9.17) is 5.73 Å². The van der Waals surface area contributed by atoms with Crippen molar-refractivity contribution in [2.45, 2.75) is 0 Å². The van der Waals surface area contributed by atoms with Crippen molar-refractivity contribution in [1.82, 2.24) is 24.6 Å². The summed E-state index contributed by atoms with van der Waals surface area (Å²) in [5.41, 5.74) is 9.58. The van der Waals surface area contributed by atoms with E-state index in [0.29, 0.717) is 28.3 Å². The van der Waals surface area contributed by atoms with Gasteiger partial charge in [-0.25, -0.2) is 9.97 Å². The van der Waals surface area contributed by atoms with Crippen molar-refractivity contribution in [2.75, 3.05) is 12.8 Å². The largest absolute Gasteiger partial charge is 0.368 e. The highest BCUT2D eigenvalue weighted by molar-refractivity contribution is 6.14. The zero-order valence-corrected chi connectivity index (χ0v) is 13.8. The van der Waals surface area contributed by atoms with Crippen LogP contribution in [-0.4, -0.2) is 37.6 Å². The first-order valence-electron chi connectivity index (χ1n) is 7.77. The quantitative estimate of drug-likeness (QED) is 0.775. The first-order valence-corrected chi connectivity index (χ1v) is 7.77. The minimum absolute atomic E-state index is 0.112. The molecule has 1 aliphatic rings. The molecule has 2 aromatic heterocycles. The minimum Gasteiger partial charge on any atom is -0.368 e. The zero-order chi connectivity index (χ0) is 17.6. The van der Waals surface area contributed by atoms with E-state index in [0.717, 1.165) is 5.56 Å². The van der Waals surface area contributed by atoms with Crippen LogP contribution in [0.1, 0.15) is 21.6 Å². The molecule has 0 atom stereocenters. The third-order valence-electron chi connectivity index (χ3n) is 4.11. The Morgan fingerprint density at radius 1 is 1.04 bits per heavy atom. The van der Waals surface area contributed by atoms with Gasteiger partial charge >= 0.3 is 0 Å². The summed E-state index contributed by atoms with van der Waals surface area (Å²) >= 11 is 0. The predicted molar refractivity (Wildman–Crippen MR) is 95.1 cm³/mol. The van der Waals surface area contributed by atoms with Gasteiger partial charge in [0.2, 0.25) is 5.95 Å². The normalized spacial score (nSPS) is 15.0. The van der Waals surface area contributed by atoms with E-state index in [9.17, 15) is 4.79 Å². The van der Waals surface area contributed by atoms with Crippen LogP contribution in [0.15, 0.2) is 42.6 Å². The van der Waals surface area contributed by atoms with Gasteiger partial charge in [-0.1, -0.05) is 30.3 Å². The highest BCUT2D eigenvalue weighted by Gasteiger charge is 2.35. The van der Waals surface area contributed by atoms with Gasteiger partial charge in [0.05, 0.1) is 11.3 Å². The molecule has 0 spiro atoms. The molecule has 0 bridgehead atoms. The fourth-order valence-corrected chi connectivity index (χ4v) is 2.90. The van der Waals surface area contributed by atoms with E-state index >= 15 is 0 Å². The first-order chi connectivity index (χ1) is 12.0. The van der Waals surface area contributed by atoms with Crippen LogP contribution >= 0.6 is 0 Å². The SMILES string of the molecule is CN1C(=O)c2c(nc(N)nc2-c2ccn(C)n2)C1=Cc1ccccc1. The molecule has 4 rings (SSSR count). The molecule has 0 radical (unpaired) electrons. The number of nitrogens with zero attached hydrogens (tertiary/aromatic N) is 5. The lowest BCUT2D eigenvalue weighted by Crippen LogP contribution is -2.17. The van der Waals surface area contributed by atoms with Crippen molar-refractivity contribution in [3.63, 3.8) is 0 Å². The summed E-state index contributed by atoms with van der Waals surface area (Å²) in [4.78, 5) is 23.0. The molecule has 3 aromatic rings. The lowest BCUT2D eigenvalue weighted by molar-refractivity contribution is 0.0875. The Hall–Kier alpha value is -3.48. The van der Waals surface area contributed by atoms with Gasteiger partial charge in [0.1, 0.15) is 17.1 Å². The molecular formula is C18H16N6O. The second kappa shape index (κ2) is 5.55. The highest BCUT2D eigenvalue weighted by Crippen LogP contribution is 2.36. The standard InChI is InChI=1S/C18H16N6O/c1-23-9-8-12(22-23)15-14-16(21-18(19)20-15)13(24(2)17(14)25)10-11-6-4-3-5-7-11/h3-10H,1-2H3,(H2,19,20,21).